The van der Waals surface area contributed by atoms with Crippen molar-refractivity contribution < 1.29 is 23.5 Å². The van der Waals surface area contributed by atoms with Gasteiger partial charge in [-0.15, -0.1) is 10.2 Å². The third-order valence-electron chi connectivity index (χ3n) is 12.7. The number of carbonyl (C=O) groups excluding carboxylic acids is 2. The number of halogens is 2. The van der Waals surface area contributed by atoms with E-state index in [2.05, 4.69) is 20.2 Å². The van der Waals surface area contributed by atoms with E-state index in [1.165, 1.54) is 24.0 Å². The molecule has 6 fully saturated rings. The minimum absolute atomic E-state index is 0.0239. The van der Waals surface area contributed by atoms with Gasteiger partial charge in [-0.3, -0.25) is 19.3 Å². The quantitative estimate of drug-likeness (QED) is 0.320. The molecule has 2 N–H and O–H groups in total. The van der Waals surface area contributed by atoms with Crippen LogP contribution in [0.3, 0.4) is 0 Å². The molecule has 5 aliphatic carbocycles. The Hall–Kier alpha value is -4.47. The number of alkyl halides is 2. The van der Waals surface area contributed by atoms with Gasteiger partial charge in [0, 0.05) is 49.9 Å². The smallest absolute Gasteiger partial charge is 0.276 e. The van der Waals surface area contributed by atoms with E-state index in [0.717, 1.165) is 38.0 Å². The molecule has 0 radical (unpaired) electrons. The van der Waals surface area contributed by atoms with Crippen molar-refractivity contribution in [1.82, 2.24) is 44.6 Å². The highest BCUT2D eigenvalue weighted by molar-refractivity contribution is 5.95. The summed E-state index contributed by atoms with van der Waals surface area (Å²) in [5.74, 6) is 0.0869. The maximum absolute atomic E-state index is 14.6. The van der Waals surface area contributed by atoms with Crippen LogP contribution in [-0.4, -0.2) is 113 Å². The van der Waals surface area contributed by atoms with Crippen LogP contribution in [-0.2, 0) is 17.8 Å². The first-order chi connectivity index (χ1) is 25.0. The molecule has 3 aromatic rings. The number of hydrogen-bond donors (Lipinski definition) is 2. The van der Waals surface area contributed by atoms with Crippen molar-refractivity contribution in [3.8, 4) is 5.75 Å². The van der Waals surface area contributed by atoms with Gasteiger partial charge in [0.1, 0.15) is 18.6 Å². The summed E-state index contributed by atoms with van der Waals surface area (Å²) in [5.41, 5.74) is 2.62. The molecule has 7 aliphatic rings. The van der Waals surface area contributed by atoms with E-state index in [-0.39, 0.29) is 64.9 Å². The molecule has 0 spiro atoms. The van der Waals surface area contributed by atoms with Crippen LogP contribution in [0.2, 0.25) is 0 Å². The van der Waals surface area contributed by atoms with Crippen LogP contribution in [0.4, 0.5) is 14.5 Å². The zero-order chi connectivity index (χ0) is 36.1. The first-order valence-corrected chi connectivity index (χ1v) is 18.6. The highest BCUT2D eigenvalue weighted by atomic mass is 19.3. The Labute approximate surface area is 298 Å². The van der Waals surface area contributed by atoms with Gasteiger partial charge in [-0.05, 0) is 75.7 Å². The predicted octanol–water partition coefficient (Wildman–Crippen LogP) is 2.71. The topological polar surface area (TPSA) is 155 Å². The number of carbonyl (C=O) groups is 2. The Bertz CT molecular complexity index is 2060. The van der Waals surface area contributed by atoms with Gasteiger partial charge in [0.2, 0.25) is 11.3 Å². The molecule has 10 rings (SSSR count). The Kier molecular flexibility index (Phi) is 7.72. The predicted molar refractivity (Wildman–Crippen MR) is 186 cm³/mol. The molecular formula is C36H44F2N10O4. The van der Waals surface area contributed by atoms with Crippen LogP contribution < -0.4 is 15.6 Å². The molecule has 1 saturated heterocycles. The summed E-state index contributed by atoms with van der Waals surface area (Å²) in [6.45, 7) is 4.65. The van der Waals surface area contributed by atoms with Crippen LogP contribution in [0.15, 0.2) is 17.2 Å². The van der Waals surface area contributed by atoms with Crippen molar-refractivity contribution in [3.05, 3.63) is 39.7 Å². The van der Waals surface area contributed by atoms with Crippen molar-refractivity contribution in [3.63, 3.8) is 0 Å². The molecule has 0 unspecified atom stereocenters. The molecule has 2 amide bonds. The number of nitrogens with zero attached hydrogens (tertiary/aromatic N) is 9. The summed E-state index contributed by atoms with van der Waals surface area (Å²) in [5, 5.41) is 23.4. The average molecular weight is 719 g/mol. The van der Waals surface area contributed by atoms with E-state index in [4.69, 9.17) is 10.2 Å². The standard InChI is InChI=1S/C36H44F2N10O4/c1-3-23-30(45-12-13-46(25-7-6-24(25)45)34(52)29-31(50)20(2)39-19-40-29)32(51)28-33(43-48(42-28)22-8-10-44(11-9-22)14-26(37)38)47(23)15-27(49)41-36-16-35(17-36,18-36)21-4-5-21/h8,19,21,24-26,50H,3-7,9-18H2,1-2H3,(H,41,49)/t24-,25-,35?,36?/m0/s1. The zero-order valence-corrected chi connectivity index (χ0v) is 29.5. The lowest BCUT2D eigenvalue weighted by molar-refractivity contribution is -0.176. The number of fused-ring (bicyclic) bond motifs is 2. The fourth-order valence-corrected chi connectivity index (χ4v) is 9.96. The molecular weight excluding hydrogens is 674 g/mol. The summed E-state index contributed by atoms with van der Waals surface area (Å²) < 4.78 is 27.9. The fourth-order valence-electron chi connectivity index (χ4n) is 9.96. The Morgan fingerprint density at radius 2 is 1.83 bits per heavy atom. The van der Waals surface area contributed by atoms with E-state index >= 15 is 0 Å². The van der Waals surface area contributed by atoms with E-state index in [9.17, 15) is 28.3 Å². The van der Waals surface area contributed by atoms with E-state index in [1.807, 2.05) is 17.6 Å². The van der Waals surface area contributed by atoms with Gasteiger partial charge in [-0.25, -0.2) is 18.7 Å². The lowest BCUT2D eigenvalue weighted by atomic mass is 9.37. The van der Waals surface area contributed by atoms with Crippen LogP contribution in [0.1, 0.15) is 80.2 Å². The van der Waals surface area contributed by atoms with Crippen molar-refractivity contribution in [2.45, 2.75) is 102 Å². The minimum Gasteiger partial charge on any atom is -0.504 e. The van der Waals surface area contributed by atoms with E-state index < -0.39 is 6.43 Å². The van der Waals surface area contributed by atoms with Crippen LogP contribution in [0, 0.1) is 18.3 Å². The number of rotatable bonds is 10. The first kappa shape index (κ1) is 33.4. The van der Waals surface area contributed by atoms with Gasteiger partial charge < -0.3 is 24.8 Å². The van der Waals surface area contributed by atoms with Crippen molar-refractivity contribution in [2.24, 2.45) is 11.3 Å². The van der Waals surface area contributed by atoms with Crippen LogP contribution in [0.25, 0.3) is 16.9 Å². The largest absolute Gasteiger partial charge is 0.504 e. The summed E-state index contributed by atoms with van der Waals surface area (Å²) in [7, 11) is 0. The molecule has 16 heteroatoms. The lowest BCUT2D eigenvalue weighted by Crippen LogP contribution is -2.75. The van der Waals surface area contributed by atoms with Gasteiger partial charge in [0.25, 0.3) is 12.3 Å². The number of aryl methyl sites for hydroxylation is 1. The third-order valence-corrected chi connectivity index (χ3v) is 12.7. The second-order valence-corrected chi connectivity index (χ2v) is 15.9. The fraction of sp³-hybridized carbons (Fsp3) is 0.639. The molecule has 0 aromatic carbocycles. The number of hydrogen-bond acceptors (Lipinski definition) is 10. The second-order valence-electron chi connectivity index (χ2n) is 15.9. The van der Waals surface area contributed by atoms with Crippen LogP contribution in [0.5, 0.6) is 5.75 Å². The number of pyridine rings is 1. The van der Waals surface area contributed by atoms with Gasteiger partial charge in [0.05, 0.1) is 24.0 Å². The minimum atomic E-state index is -2.43. The average Bonchev–Trinajstić information content (AvgIpc) is 3.81. The number of aromatic hydroxyl groups is 1. The maximum Gasteiger partial charge on any atom is 0.276 e. The Morgan fingerprint density at radius 1 is 1.06 bits per heavy atom. The molecule has 3 aromatic heterocycles. The number of piperazine rings is 1. The van der Waals surface area contributed by atoms with Gasteiger partial charge >= 0.3 is 0 Å². The first-order valence-electron chi connectivity index (χ1n) is 18.6. The summed E-state index contributed by atoms with van der Waals surface area (Å²) in [4.78, 5) is 57.1. The molecule has 5 saturated carbocycles. The third kappa shape index (κ3) is 5.22. The monoisotopic (exact) mass is 718 g/mol. The molecule has 14 nitrogen and oxygen atoms in total. The molecule has 2 aliphatic heterocycles. The number of anilines is 1. The summed E-state index contributed by atoms with van der Waals surface area (Å²) in [6.07, 6.45) is 8.73. The highest BCUT2D eigenvalue weighted by Gasteiger charge is 2.72. The summed E-state index contributed by atoms with van der Waals surface area (Å²) in [6, 6.07) is -0.355. The molecule has 52 heavy (non-hydrogen) atoms. The SMILES string of the molecule is CCc1c(N2CCN(C(=O)c3ncnc(C)c3O)[C@H]3CC[C@@H]32)c(=O)c2nn(C3=CCN(CC(F)F)CC3)nc2n1CC(=O)NC12CC(C3CC3)(C1)C2. The van der Waals surface area contributed by atoms with Gasteiger partial charge in [0.15, 0.2) is 22.6 Å². The van der Waals surface area contributed by atoms with Crippen molar-refractivity contribution in [1.29, 1.82) is 0 Å². The second kappa shape index (κ2) is 12.0. The molecule has 2 atom stereocenters. The Balaban J connectivity index is 1.05. The van der Waals surface area contributed by atoms with E-state index in [0.29, 0.717) is 72.9 Å². The summed E-state index contributed by atoms with van der Waals surface area (Å²) >= 11 is 0. The van der Waals surface area contributed by atoms with Gasteiger partial charge in [-0.1, -0.05) is 6.92 Å². The highest BCUT2D eigenvalue weighted by Crippen LogP contribution is 2.75. The molecule has 276 valence electrons. The Morgan fingerprint density at radius 3 is 2.48 bits per heavy atom. The normalized spacial score (nSPS) is 28.2. The number of nitrogens with one attached hydrogen (secondary N) is 1. The molecule has 2 bridgehead atoms. The van der Waals surface area contributed by atoms with E-state index in [1.54, 1.807) is 16.7 Å². The lowest BCUT2D eigenvalue weighted by Gasteiger charge is -2.71. The van der Waals surface area contributed by atoms with Crippen LogP contribution >= 0.6 is 0 Å². The van der Waals surface area contributed by atoms with Crippen molar-refractivity contribution in [2.75, 3.05) is 37.6 Å². The number of aromatic nitrogens is 6. The van der Waals surface area contributed by atoms with Crippen molar-refractivity contribution >= 4 is 34.4 Å². The number of amides is 2. The maximum atomic E-state index is 14.6. The molecule has 5 heterocycles. The van der Waals surface area contributed by atoms with Gasteiger partial charge in [-0.2, -0.15) is 4.80 Å². The zero-order valence-electron chi connectivity index (χ0n) is 29.5.